The van der Waals surface area contributed by atoms with Crippen molar-refractivity contribution in [3.05, 3.63) is 65.7 Å². The molecular weight excluding hydrogens is 312 g/mol. The van der Waals surface area contributed by atoms with E-state index in [2.05, 4.69) is 30.9 Å². The van der Waals surface area contributed by atoms with Crippen LogP contribution in [-0.2, 0) is 9.59 Å². The first-order valence-electron chi connectivity index (χ1n) is 8.90. The minimum absolute atomic E-state index is 0.0105. The van der Waals surface area contributed by atoms with E-state index < -0.39 is 0 Å². The van der Waals surface area contributed by atoms with E-state index in [0.29, 0.717) is 11.7 Å². The van der Waals surface area contributed by atoms with Gasteiger partial charge in [-0.25, -0.2) is 4.90 Å². The third kappa shape index (κ3) is 1.75. The molecule has 2 aromatic carbocycles. The van der Waals surface area contributed by atoms with Gasteiger partial charge in [0.1, 0.15) is 0 Å². The van der Waals surface area contributed by atoms with E-state index in [1.165, 1.54) is 16.0 Å². The molecular formula is C21H20N2O2. The van der Waals surface area contributed by atoms with Crippen molar-refractivity contribution in [2.75, 3.05) is 4.90 Å². The van der Waals surface area contributed by atoms with Crippen molar-refractivity contribution in [1.82, 2.24) is 4.90 Å². The van der Waals surface area contributed by atoms with Gasteiger partial charge in [-0.05, 0) is 37.1 Å². The Labute approximate surface area is 147 Å². The molecule has 2 saturated heterocycles. The normalized spacial score (nSPS) is 30.3. The van der Waals surface area contributed by atoms with Gasteiger partial charge in [-0.1, -0.05) is 42.5 Å². The third-order valence-electron chi connectivity index (χ3n) is 5.96. The van der Waals surface area contributed by atoms with E-state index in [0.717, 1.165) is 0 Å². The molecule has 3 heterocycles. The Morgan fingerprint density at radius 3 is 1.72 bits per heavy atom. The maximum atomic E-state index is 13.2. The average molecular weight is 332 g/mol. The zero-order valence-electron chi connectivity index (χ0n) is 14.3. The van der Waals surface area contributed by atoms with E-state index in [4.69, 9.17) is 0 Å². The number of hydrogen-bond donors (Lipinski definition) is 0. The van der Waals surface area contributed by atoms with Crippen LogP contribution < -0.4 is 4.90 Å². The number of hydrogen-bond acceptors (Lipinski definition) is 3. The fraction of sp³-hybridized carbons (Fsp3) is 0.333. The molecule has 2 fully saturated rings. The van der Waals surface area contributed by atoms with Gasteiger partial charge in [0.2, 0.25) is 11.8 Å². The predicted octanol–water partition coefficient (Wildman–Crippen LogP) is 3.31. The highest BCUT2D eigenvalue weighted by Crippen LogP contribution is 2.63. The van der Waals surface area contributed by atoms with Crippen LogP contribution in [0.15, 0.2) is 54.6 Å². The average Bonchev–Trinajstić information content (AvgIpc) is 3.22. The molecule has 0 radical (unpaired) electrons. The monoisotopic (exact) mass is 332 g/mol. The molecule has 25 heavy (non-hydrogen) atoms. The van der Waals surface area contributed by atoms with E-state index >= 15 is 0 Å². The first kappa shape index (κ1) is 14.8. The van der Waals surface area contributed by atoms with E-state index in [9.17, 15) is 9.59 Å². The summed E-state index contributed by atoms with van der Waals surface area (Å²) >= 11 is 0. The van der Waals surface area contributed by atoms with Crippen molar-refractivity contribution in [1.29, 1.82) is 0 Å². The van der Waals surface area contributed by atoms with Gasteiger partial charge < -0.3 is 0 Å². The van der Waals surface area contributed by atoms with Crippen LogP contribution in [-0.4, -0.2) is 22.8 Å². The summed E-state index contributed by atoms with van der Waals surface area (Å²) in [4.78, 5) is 30.3. The van der Waals surface area contributed by atoms with Crippen LogP contribution in [0.5, 0.6) is 0 Å². The summed E-state index contributed by atoms with van der Waals surface area (Å²) in [5.41, 5.74) is 3.13. The van der Waals surface area contributed by atoms with Crippen molar-refractivity contribution < 1.29 is 9.59 Å². The minimum Gasteiger partial charge on any atom is -0.285 e. The van der Waals surface area contributed by atoms with Gasteiger partial charge in [-0.2, -0.15) is 0 Å². The fourth-order valence-corrected chi connectivity index (χ4v) is 5.15. The molecule has 3 aliphatic rings. The number of carbonyl (C=O) groups excluding carboxylic acids is 2. The standard InChI is InChI=1S/C21H20N2O2/c1-12(2)22-18-14-10-6-7-11-15(14)19(22)17-16(18)20(24)23(21(17)25)13-8-4-3-5-9-13/h3-12,16-19H,1-2H3/t16-,17+,18+,19-. The lowest BCUT2D eigenvalue weighted by atomic mass is 9.77. The fourth-order valence-electron chi connectivity index (χ4n) is 5.15. The highest BCUT2D eigenvalue weighted by atomic mass is 16.2. The SMILES string of the molecule is CC(C)N1[C@@H]2c3ccccc3[C@H]1[C@@H]1C(=O)N(c3ccccc3)C(=O)[C@@H]12. The Bertz CT molecular complexity index is 827. The van der Waals surface area contributed by atoms with Gasteiger partial charge in [0.15, 0.2) is 0 Å². The quantitative estimate of drug-likeness (QED) is 0.792. The second-order valence-corrected chi connectivity index (χ2v) is 7.46. The Morgan fingerprint density at radius 1 is 0.760 bits per heavy atom. The molecule has 2 bridgehead atoms. The number of fused-ring (bicyclic) bond motifs is 8. The van der Waals surface area contributed by atoms with Gasteiger partial charge in [-0.15, -0.1) is 0 Å². The molecule has 0 aromatic heterocycles. The number of amides is 2. The summed E-state index contributed by atoms with van der Waals surface area (Å²) in [5, 5.41) is 0. The van der Waals surface area contributed by atoms with Gasteiger partial charge in [0.05, 0.1) is 17.5 Å². The highest BCUT2D eigenvalue weighted by Gasteiger charge is 2.66. The topological polar surface area (TPSA) is 40.6 Å². The predicted molar refractivity (Wildman–Crippen MR) is 94.8 cm³/mol. The van der Waals surface area contributed by atoms with Crippen molar-refractivity contribution in [2.45, 2.75) is 32.0 Å². The van der Waals surface area contributed by atoms with Gasteiger partial charge in [-0.3, -0.25) is 14.5 Å². The summed E-state index contributed by atoms with van der Waals surface area (Å²) < 4.78 is 0. The van der Waals surface area contributed by atoms with Crippen LogP contribution in [0.25, 0.3) is 0 Å². The van der Waals surface area contributed by atoms with Crippen LogP contribution >= 0.6 is 0 Å². The minimum atomic E-state index is -0.269. The second-order valence-electron chi connectivity index (χ2n) is 7.46. The lowest BCUT2D eigenvalue weighted by Crippen LogP contribution is -2.38. The van der Waals surface area contributed by atoms with Crippen LogP contribution in [0.2, 0.25) is 0 Å². The molecule has 0 spiro atoms. The Balaban J connectivity index is 1.65. The van der Waals surface area contributed by atoms with Crippen molar-refractivity contribution in [3.63, 3.8) is 0 Å². The maximum absolute atomic E-state index is 13.2. The molecule has 2 aromatic rings. The number of para-hydroxylation sites is 1. The molecule has 3 aliphatic heterocycles. The summed E-state index contributed by atoms with van der Waals surface area (Å²) in [6.45, 7) is 4.30. The maximum Gasteiger partial charge on any atom is 0.239 e. The largest absolute Gasteiger partial charge is 0.285 e. The zero-order chi connectivity index (χ0) is 17.3. The Kier molecular flexibility index (Phi) is 2.98. The van der Waals surface area contributed by atoms with Gasteiger partial charge >= 0.3 is 0 Å². The first-order valence-corrected chi connectivity index (χ1v) is 8.90. The number of carbonyl (C=O) groups is 2. The molecule has 4 nitrogen and oxygen atoms in total. The van der Waals surface area contributed by atoms with Crippen molar-refractivity contribution in [2.24, 2.45) is 11.8 Å². The summed E-state index contributed by atoms with van der Waals surface area (Å²) in [5.74, 6) is -0.632. The second kappa shape index (κ2) is 5.02. The molecule has 4 heteroatoms. The summed E-state index contributed by atoms with van der Waals surface area (Å²) in [6, 6.07) is 17.9. The highest BCUT2D eigenvalue weighted by molar-refractivity contribution is 6.23. The van der Waals surface area contributed by atoms with Crippen molar-refractivity contribution >= 4 is 17.5 Å². The Morgan fingerprint density at radius 2 is 1.24 bits per heavy atom. The van der Waals surface area contributed by atoms with Crippen LogP contribution in [0, 0.1) is 11.8 Å². The molecule has 0 saturated carbocycles. The summed E-state index contributed by atoms with van der Waals surface area (Å²) in [7, 11) is 0. The lowest BCUT2D eigenvalue weighted by Gasteiger charge is -2.29. The van der Waals surface area contributed by atoms with Crippen LogP contribution in [0.1, 0.15) is 37.1 Å². The van der Waals surface area contributed by atoms with E-state index in [1.54, 1.807) is 0 Å². The van der Waals surface area contributed by atoms with Crippen LogP contribution in [0.3, 0.4) is 0 Å². The first-order chi connectivity index (χ1) is 12.1. The van der Waals surface area contributed by atoms with Crippen LogP contribution in [0.4, 0.5) is 5.69 Å². The van der Waals surface area contributed by atoms with Gasteiger partial charge in [0.25, 0.3) is 0 Å². The summed E-state index contributed by atoms with van der Waals surface area (Å²) in [6.07, 6.45) is 0. The number of benzene rings is 2. The zero-order valence-corrected chi connectivity index (χ0v) is 14.3. The van der Waals surface area contributed by atoms with Crippen molar-refractivity contribution in [3.8, 4) is 0 Å². The number of anilines is 1. The molecule has 5 rings (SSSR count). The number of rotatable bonds is 2. The van der Waals surface area contributed by atoms with E-state index in [-0.39, 0.29) is 35.7 Å². The molecule has 0 N–H and O–H groups in total. The van der Waals surface area contributed by atoms with Gasteiger partial charge in [0, 0.05) is 18.1 Å². The van der Waals surface area contributed by atoms with E-state index in [1.807, 2.05) is 42.5 Å². The molecule has 4 atom stereocenters. The Hall–Kier alpha value is -2.46. The molecule has 0 unspecified atom stereocenters. The molecule has 2 amide bonds. The smallest absolute Gasteiger partial charge is 0.239 e. The number of imide groups is 1. The third-order valence-corrected chi connectivity index (χ3v) is 5.96. The molecule has 0 aliphatic carbocycles. The lowest BCUT2D eigenvalue weighted by molar-refractivity contribution is -0.124. The molecule has 126 valence electrons. The number of nitrogens with zero attached hydrogens (tertiary/aromatic N) is 2.